The van der Waals surface area contributed by atoms with E-state index in [0.29, 0.717) is 32.5 Å². The molecule has 0 saturated carbocycles. The molecule has 7 nitrogen and oxygen atoms in total. The summed E-state index contributed by atoms with van der Waals surface area (Å²) in [6.45, 7) is 8.46. The van der Waals surface area contributed by atoms with Crippen molar-refractivity contribution in [3.05, 3.63) is 71.3 Å². The number of ether oxygens (including phenoxy) is 1. The lowest BCUT2D eigenvalue weighted by Gasteiger charge is -2.47. The number of rotatable bonds is 5. The second kappa shape index (κ2) is 9.82. The topological polar surface area (TPSA) is 79.0 Å². The van der Waals surface area contributed by atoms with Crippen molar-refractivity contribution in [1.82, 2.24) is 15.1 Å². The number of piperidine rings is 1. The average Bonchev–Trinajstić information content (AvgIpc) is 2.83. The zero-order valence-corrected chi connectivity index (χ0v) is 21.0. The first-order valence-corrected chi connectivity index (χ1v) is 12.3. The maximum atomic E-state index is 13.7. The smallest absolute Gasteiger partial charge is 0.249 e. The number of fused-ring (bicyclic) bond motifs is 1. The van der Waals surface area contributed by atoms with Crippen molar-refractivity contribution in [3.8, 4) is 0 Å². The first-order chi connectivity index (χ1) is 16.6. The molecule has 1 saturated heterocycles. The third kappa shape index (κ3) is 5.25. The van der Waals surface area contributed by atoms with Gasteiger partial charge in [0.2, 0.25) is 17.7 Å². The van der Waals surface area contributed by atoms with E-state index in [1.165, 1.54) is 6.92 Å². The molecule has 2 aliphatic heterocycles. The number of nitrogens with zero attached hydrogens (tertiary/aromatic N) is 2. The minimum Gasteiger partial charge on any atom is -0.345 e. The summed E-state index contributed by atoms with van der Waals surface area (Å²) in [6.07, 6.45) is 1.98. The third-order valence-electron chi connectivity index (χ3n) is 7.13. The fraction of sp³-hybridized carbons (Fsp3) is 0.464. The van der Waals surface area contributed by atoms with E-state index in [1.54, 1.807) is 11.8 Å². The van der Waals surface area contributed by atoms with Crippen molar-refractivity contribution in [2.45, 2.75) is 64.3 Å². The molecular weight excluding hydrogens is 442 g/mol. The molecule has 1 N–H and O–H groups in total. The number of likely N-dealkylation sites (tertiary alicyclic amines) is 1. The van der Waals surface area contributed by atoms with Gasteiger partial charge in [0.25, 0.3) is 0 Å². The summed E-state index contributed by atoms with van der Waals surface area (Å²) in [6, 6.07) is 17.1. The van der Waals surface area contributed by atoms with Gasteiger partial charge in [0, 0.05) is 33.5 Å². The van der Waals surface area contributed by atoms with Gasteiger partial charge in [-0.25, -0.2) is 0 Å². The van der Waals surface area contributed by atoms with Crippen LogP contribution in [0.25, 0.3) is 0 Å². The van der Waals surface area contributed by atoms with E-state index >= 15 is 0 Å². The molecule has 35 heavy (non-hydrogen) atoms. The number of amides is 3. The third-order valence-corrected chi connectivity index (χ3v) is 7.13. The number of benzene rings is 2. The van der Waals surface area contributed by atoms with Gasteiger partial charge in [-0.3, -0.25) is 14.4 Å². The Morgan fingerprint density at radius 3 is 2.17 bits per heavy atom. The molecule has 0 aromatic heterocycles. The van der Waals surface area contributed by atoms with Crippen LogP contribution in [-0.4, -0.2) is 52.9 Å². The number of hydrogen-bond acceptors (Lipinski definition) is 4. The molecule has 0 spiro atoms. The highest BCUT2D eigenvalue weighted by atomic mass is 16.5. The van der Waals surface area contributed by atoms with Crippen molar-refractivity contribution in [2.24, 2.45) is 0 Å². The molecule has 3 amide bonds. The Bertz CT molecular complexity index is 1090. The minimum absolute atomic E-state index is 0.0551. The van der Waals surface area contributed by atoms with Crippen LogP contribution in [-0.2, 0) is 31.1 Å². The van der Waals surface area contributed by atoms with Gasteiger partial charge in [0.15, 0.2) is 0 Å². The summed E-state index contributed by atoms with van der Waals surface area (Å²) in [5, 5.41) is 3.09. The predicted molar refractivity (Wildman–Crippen MR) is 133 cm³/mol. The van der Waals surface area contributed by atoms with Crippen molar-refractivity contribution in [2.75, 3.05) is 19.6 Å². The number of carbonyl (C=O) groups is 3. The highest BCUT2D eigenvalue weighted by molar-refractivity contribution is 5.89. The molecular formula is C28H35N3O4. The highest BCUT2D eigenvalue weighted by Crippen LogP contribution is 2.40. The van der Waals surface area contributed by atoms with Crippen LogP contribution in [0, 0.1) is 0 Å². The molecule has 7 heteroatoms. The van der Waals surface area contributed by atoms with Gasteiger partial charge in [0.1, 0.15) is 11.8 Å². The fourth-order valence-electron chi connectivity index (χ4n) is 5.44. The number of nitrogens with one attached hydrogen (secondary N) is 1. The monoisotopic (exact) mass is 477 g/mol. The predicted octanol–water partition coefficient (Wildman–Crippen LogP) is 3.54. The van der Waals surface area contributed by atoms with Gasteiger partial charge >= 0.3 is 0 Å². The second-order valence-corrected chi connectivity index (χ2v) is 10.0. The lowest BCUT2D eigenvalue weighted by molar-refractivity contribution is -0.188. The Kier molecular flexibility index (Phi) is 6.99. The fourth-order valence-corrected chi connectivity index (χ4v) is 5.44. The Labute approximate surface area is 207 Å². The van der Waals surface area contributed by atoms with E-state index in [2.05, 4.69) is 5.32 Å². The lowest BCUT2D eigenvalue weighted by Crippen LogP contribution is -2.57. The van der Waals surface area contributed by atoms with E-state index < -0.39 is 17.4 Å². The highest BCUT2D eigenvalue weighted by Gasteiger charge is 2.44. The molecule has 2 heterocycles. The molecule has 4 rings (SSSR count). The molecule has 1 unspecified atom stereocenters. The van der Waals surface area contributed by atoms with Crippen molar-refractivity contribution in [3.63, 3.8) is 0 Å². The summed E-state index contributed by atoms with van der Waals surface area (Å²) in [7, 11) is 0. The molecule has 0 aliphatic carbocycles. The average molecular weight is 478 g/mol. The van der Waals surface area contributed by atoms with Crippen molar-refractivity contribution < 1.29 is 19.1 Å². The van der Waals surface area contributed by atoms with E-state index in [0.717, 1.165) is 23.1 Å². The Balaban J connectivity index is 1.59. The second-order valence-electron chi connectivity index (χ2n) is 10.0. The van der Waals surface area contributed by atoms with Gasteiger partial charge in [-0.05, 0) is 49.8 Å². The van der Waals surface area contributed by atoms with Crippen LogP contribution in [0.3, 0.4) is 0 Å². The molecule has 1 atom stereocenters. The van der Waals surface area contributed by atoms with E-state index in [-0.39, 0.29) is 17.7 Å². The van der Waals surface area contributed by atoms with Crippen LogP contribution in [0.5, 0.6) is 0 Å². The number of hydrogen-bond donors (Lipinski definition) is 1. The maximum Gasteiger partial charge on any atom is 0.249 e. The first-order valence-electron chi connectivity index (χ1n) is 12.3. The van der Waals surface area contributed by atoms with Crippen molar-refractivity contribution >= 4 is 17.7 Å². The standard InChI is InChI=1S/C28H35N3O4/c1-20(32)30-18-15-28(16-19-30,23-11-6-5-7-12-23)35-27(3,4)29-26(34)25-24-13-9-8-10-22(24)14-17-31(25)21(2)33/h5-13,25H,14-19H2,1-4H3,(H,29,34). The van der Waals surface area contributed by atoms with E-state index in [9.17, 15) is 14.4 Å². The number of carbonyl (C=O) groups excluding carboxylic acids is 3. The molecule has 2 aromatic carbocycles. The van der Waals surface area contributed by atoms with Crippen LogP contribution < -0.4 is 5.32 Å². The molecule has 0 bridgehead atoms. The molecule has 2 aliphatic rings. The zero-order chi connectivity index (χ0) is 25.2. The van der Waals surface area contributed by atoms with E-state index in [4.69, 9.17) is 4.74 Å². The first kappa shape index (κ1) is 24.9. The summed E-state index contributed by atoms with van der Waals surface area (Å²) in [5.41, 5.74) is 1.31. The quantitative estimate of drug-likeness (QED) is 0.668. The lowest BCUT2D eigenvalue weighted by atomic mass is 9.83. The SMILES string of the molecule is CC(=O)N1CCC(OC(C)(C)NC(=O)C2c3ccccc3CCN2C(C)=O)(c2ccccc2)CC1. The maximum absolute atomic E-state index is 13.7. The Morgan fingerprint density at radius 1 is 0.914 bits per heavy atom. The molecule has 2 aromatic rings. The summed E-state index contributed by atoms with van der Waals surface area (Å²) in [5.74, 6) is -0.336. The summed E-state index contributed by atoms with van der Waals surface area (Å²) < 4.78 is 6.75. The van der Waals surface area contributed by atoms with Gasteiger partial charge in [-0.1, -0.05) is 54.6 Å². The van der Waals surface area contributed by atoms with Crippen LogP contribution in [0.15, 0.2) is 54.6 Å². The van der Waals surface area contributed by atoms with Gasteiger partial charge in [-0.15, -0.1) is 0 Å². The summed E-state index contributed by atoms with van der Waals surface area (Å²) >= 11 is 0. The van der Waals surface area contributed by atoms with Crippen LogP contribution >= 0.6 is 0 Å². The van der Waals surface area contributed by atoms with Gasteiger partial charge in [0.05, 0.1) is 5.60 Å². The van der Waals surface area contributed by atoms with Gasteiger partial charge in [-0.2, -0.15) is 0 Å². The molecule has 0 radical (unpaired) electrons. The van der Waals surface area contributed by atoms with Crippen molar-refractivity contribution in [1.29, 1.82) is 0 Å². The molecule has 186 valence electrons. The van der Waals surface area contributed by atoms with E-state index in [1.807, 2.05) is 73.3 Å². The van der Waals surface area contributed by atoms with Gasteiger partial charge < -0.3 is 19.9 Å². The largest absolute Gasteiger partial charge is 0.345 e. The van der Waals surface area contributed by atoms with Crippen LogP contribution in [0.2, 0.25) is 0 Å². The summed E-state index contributed by atoms with van der Waals surface area (Å²) in [4.78, 5) is 41.5. The molecule has 1 fully saturated rings. The Morgan fingerprint density at radius 2 is 1.54 bits per heavy atom. The van der Waals surface area contributed by atoms with Crippen LogP contribution in [0.4, 0.5) is 0 Å². The van der Waals surface area contributed by atoms with Crippen LogP contribution in [0.1, 0.15) is 63.3 Å². The Hall–Kier alpha value is -3.19. The minimum atomic E-state index is -1.01. The zero-order valence-electron chi connectivity index (χ0n) is 21.0. The normalized spacial score (nSPS) is 19.6.